The fourth-order valence-corrected chi connectivity index (χ4v) is 2.94. The predicted octanol–water partition coefficient (Wildman–Crippen LogP) is 3.78. The van der Waals surface area contributed by atoms with Gasteiger partial charge < -0.3 is 10.3 Å². The first-order valence-electron chi connectivity index (χ1n) is 6.62. The lowest BCUT2D eigenvalue weighted by molar-refractivity contribution is 0.766. The summed E-state index contributed by atoms with van der Waals surface area (Å²) in [7, 11) is 0. The summed E-state index contributed by atoms with van der Waals surface area (Å²) in [6.45, 7) is 0. The molecule has 0 unspecified atom stereocenters. The average molecular weight is 329 g/mol. The lowest BCUT2D eigenvalue weighted by Gasteiger charge is -2.09. The van der Waals surface area contributed by atoms with Gasteiger partial charge in [0.25, 0.3) is 0 Å². The number of benzene rings is 1. The Kier molecular flexibility index (Phi) is 2.57. The van der Waals surface area contributed by atoms with Gasteiger partial charge in [0.1, 0.15) is 11.3 Å². The molecule has 4 nitrogen and oxygen atoms in total. The molecule has 0 saturated heterocycles. The number of hydrogen-bond acceptors (Lipinski definition) is 3. The van der Waals surface area contributed by atoms with Crippen molar-refractivity contribution in [1.82, 2.24) is 14.5 Å². The molecule has 4 rings (SSSR count). The van der Waals surface area contributed by atoms with Crippen LogP contribution in [0.4, 0.5) is 5.69 Å². The second kappa shape index (κ2) is 4.31. The summed E-state index contributed by atoms with van der Waals surface area (Å²) >= 11 is 3.60. The molecule has 0 atom stereocenters. The molecule has 0 spiro atoms. The Labute approximate surface area is 124 Å². The van der Waals surface area contributed by atoms with Gasteiger partial charge in [-0.15, -0.1) is 0 Å². The molecular formula is C15H13BrN4. The van der Waals surface area contributed by atoms with Crippen molar-refractivity contribution >= 4 is 32.8 Å². The Bertz CT molecular complexity index is 805. The monoisotopic (exact) mass is 328 g/mol. The maximum Gasteiger partial charge on any atom is 0.160 e. The van der Waals surface area contributed by atoms with Crippen molar-refractivity contribution in [2.45, 2.75) is 18.9 Å². The zero-order valence-electron chi connectivity index (χ0n) is 10.8. The average Bonchev–Trinajstić information content (AvgIpc) is 3.21. The fraction of sp³-hybridized carbons (Fsp3) is 0.200. The molecule has 0 aliphatic heterocycles. The number of hydrogen-bond donors (Lipinski definition) is 1. The van der Waals surface area contributed by atoms with E-state index in [1.165, 1.54) is 12.8 Å². The van der Waals surface area contributed by atoms with Gasteiger partial charge in [-0.25, -0.2) is 9.97 Å². The largest absolute Gasteiger partial charge is 0.399 e. The summed E-state index contributed by atoms with van der Waals surface area (Å²) in [5.74, 6) is 0.945. The molecule has 0 radical (unpaired) electrons. The Balaban J connectivity index is 2.03. The van der Waals surface area contributed by atoms with E-state index in [1.54, 1.807) is 0 Å². The van der Waals surface area contributed by atoms with Gasteiger partial charge in [-0.05, 0) is 43.2 Å². The zero-order valence-corrected chi connectivity index (χ0v) is 12.3. The molecular weight excluding hydrogens is 316 g/mol. The maximum atomic E-state index is 5.93. The smallest absolute Gasteiger partial charge is 0.160 e. The molecule has 100 valence electrons. The second-order valence-electron chi connectivity index (χ2n) is 5.12. The number of nitrogens with zero attached hydrogens (tertiary/aromatic N) is 3. The van der Waals surface area contributed by atoms with Crippen molar-refractivity contribution < 1.29 is 0 Å². The van der Waals surface area contributed by atoms with Crippen LogP contribution in [0.15, 0.2) is 41.0 Å². The van der Waals surface area contributed by atoms with Gasteiger partial charge >= 0.3 is 0 Å². The number of halogens is 1. The Morgan fingerprint density at radius 1 is 1.25 bits per heavy atom. The topological polar surface area (TPSA) is 56.7 Å². The number of aromatic nitrogens is 3. The third-order valence-corrected chi connectivity index (χ3v) is 4.28. The van der Waals surface area contributed by atoms with Gasteiger partial charge in [0, 0.05) is 28.0 Å². The van der Waals surface area contributed by atoms with Gasteiger partial charge in [-0.1, -0.05) is 15.9 Å². The molecule has 0 amide bonds. The number of rotatable bonds is 2. The lowest BCUT2D eigenvalue weighted by atomic mass is 10.2. The van der Waals surface area contributed by atoms with Gasteiger partial charge in [-0.3, -0.25) is 0 Å². The van der Waals surface area contributed by atoms with Crippen LogP contribution in [-0.4, -0.2) is 14.5 Å². The van der Waals surface area contributed by atoms with E-state index in [1.807, 2.05) is 36.5 Å². The minimum atomic E-state index is 0.512. The van der Waals surface area contributed by atoms with Crippen LogP contribution in [0.25, 0.3) is 22.6 Å². The van der Waals surface area contributed by atoms with E-state index in [0.717, 1.165) is 32.7 Å². The molecule has 1 aliphatic rings. The first-order valence-corrected chi connectivity index (χ1v) is 7.41. The molecule has 2 heterocycles. The van der Waals surface area contributed by atoms with E-state index in [9.17, 15) is 0 Å². The van der Waals surface area contributed by atoms with Crippen LogP contribution in [0, 0.1) is 0 Å². The van der Waals surface area contributed by atoms with E-state index < -0.39 is 0 Å². The van der Waals surface area contributed by atoms with Crippen LogP contribution in [-0.2, 0) is 0 Å². The van der Waals surface area contributed by atoms with Gasteiger partial charge in [0.15, 0.2) is 5.65 Å². The molecule has 1 saturated carbocycles. The third kappa shape index (κ3) is 1.81. The van der Waals surface area contributed by atoms with Crippen molar-refractivity contribution in [3.63, 3.8) is 0 Å². The molecule has 1 aliphatic carbocycles. The highest BCUT2D eigenvalue weighted by Gasteiger charge is 2.29. The van der Waals surface area contributed by atoms with Crippen molar-refractivity contribution in [2.24, 2.45) is 0 Å². The second-order valence-corrected chi connectivity index (χ2v) is 5.98. The van der Waals surface area contributed by atoms with E-state index in [2.05, 4.69) is 25.5 Å². The number of fused-ring (bicyclic) bond motifs is 1. The highest BCUT2D eigenvalue weighted by Crippen LogP contribution is 2.42. The van der Waals surface area contributed by atoms with Crippen LogP contribution in [0.3, 0.4) is 0 Å². The van der Waals surface area contributed by atoms with E-state index >= 15 is 0 Å². The summed E-state index contributed by atoms with van der Waals surface area (Å²) in [6.07, 6.45) is 4.20. The van der Waals surface area contributed by atoms with Crippen LogP contribution in [0.2, 0.25) is 0 Å². The maximum absolute atomic E-state index is 5.93. The van der Waals surface area contributed by atoms with Gasteiger partial charge in [0.2, 0.25) is 0 Å². The van der Waals surface area contributed by atoms with Gasteiger partial charge in [0.05, 0.1) is 0 Å². The summed E-state index contributed by atoms with van der Waals surface area (Å²) in [5.41, 5.74) is 9.58. The first kappa shape index (κ1) is 11.9. The fourth-order valence-electron chi connectivity index (χ4n) is 2.51. The number of pyridine rings is 1. The third-order valence-electron chi connectivity index (χ3n) is 3.59. The van der Waals surface area contributed by atoms with E-state index in [0.29, 0.717) is 6.04 Å². The molecule has 1 aromatic carbocycles. The van der Waals surface area contributed by atoms with Crippen LogP contribution < -0.4 is 5.73 Å². The summed E-state index contributed by atoms with van der Waals surface area (Å²) in [4.78, 5) is 9.26. The molecule has 2 N–H and O–H groups in total. The number of imidazole rings is 1. The van der Waals surface area contributed by atoms with Crippen LogP contribution in [0.5, 0.6) is 0 Å². The zero-order chi connectivity index (χ0) is 13.7. The first-order chi connectivity index (χ1) is 9.74. The summed E-state index contributed by atoms with van der Waals surface area (Å²) in [6, 6.07) is 10.3. The SMILES string of the molecule is Nc1ccc(Br)c(-c2nc3cccnc3n2C2CC2)c1. The standard InChI is InChI=1S/C15H13BrN4/c16-12-6-3-9(17)8-11(12)14-19-13-2-1-7-18-15(13)20(14)10-4-5-10/h1-3,6-8,10H,4-5,17H2. The van der Waals surface area contributed by atoms with Crippen molar-refractivity contribution in [1.29, 1.82) is 0 Å². The molecule has 1 fully saturated rings. The number of nitrogens with two attached hydrogens (primary N) is 1. The number of anilines is 1. The Hall–Kier alpha value is -1.88. The highest BCUT2D eigenvalue weighted by atomic mass is 79.9. The van der Waals surface area contributed by atoms with Crippen LogP contribution in [0.1, 0.15) is 18.9 Å². The van der Waals surface area contributed by atoms with Crippen LogP contribution >= 0.6 is 15.9 Å². The van der Waals surface area contributed by atoms with Gasteiger partial charge in [-0.2, -0.15) is 0 Å². The molecule has 20 heavy (non-hydrogen) atoms. The molecule has 2 aromatic heterocycles. The molecule has 0 bridgehead atoms. The van der Waals surface area contributed by atoms with E-state index in [4.69, 9.17) is 10.7 Å². The lowest BCUT2D eigenvalue weighted by Crippen LogP contribution is -1.99. The minimum Gasteiger partial charge on any atom is -0.399 e. The van der Waals surface area contributed by atoms with E-state index in [-0.39, 0.29) is 0 Å². The number of nitrogen functional groups attached to an aromatic ring is 1. The van der Waals surface area contributed by atoms with Crippen molar-refractivity contribution in [2.75, 3.05) is 5.73 Å². The Morgan fingerprint density at radius 3 is 2.90 bits per heavy atom. The van der Waals surface area contributed by atoms with Crippen molar-refractivity contribution in [3.8, 4) is 11.4 Å². The summed E-state index contributed by atoms with van der Waals surface area (Å²) in [5, 5.41) is 0. The highest BCUT2D eigenvalue weighted by molar-refractivity contribution is 9.10. The quantitative estimate of drug-likeness (QED) is 0.728. The molecule has 5 heteroatoms. The summed E-state index contributed by atoms with van der Waals surface area (Å²) < 4.78 is 3.25. The normalized spacial score (nSPS) is 14.8. The van der Waals surface area contributed by atoms with Crippen molar-refractivity contribution in [3.05, 3.63) is 41.0 Å². The minimum absolute atomic E-state index is 0.512. The Morgan fingerprint density at radius 2 is 2.10 bits per heavy atom. The predicted molar refractivity (Wildman–Crippen MR) is 83.3 cm³/mol. The molecule has 3 aromatic rings.